The zero-order chi connectivity index (χ0) is 27.3. The SMILES string of the molecule is CC(C)C1CCCCC1.CC1CCC(C(=O)OC2CO[C@@H]3[C@@H](C(=O)OC4CCC(C)(C)CC4)CO[C@H]23)CC1. The van der Waals surface area contributed by atoms with Crippen molar-refractivity contribution in [3.63, 3.8) is 0 Å². The average Bonchev–Trinajstić information content (AvgIpc) is 3.49. The average molecular weight is 535 g/mol. The first-order valence-electron chi connectivity index (χ1n) is 15.8. The molecule has 3 aliphatic carbocycles. The molecule has 0 N–H and O–H groups in total. The molecule has 218 valence electrons. The van der Waals surface area contributed by atoms with E-state index in [2.05, 4.69) is 34.6 Å². The first kappa shape index (κ1) is 29.8. The van der Waals surface area contributed by atoms with Crippen LogP contribution < -0.4 is 0 Å². The lowest BCUT2D eigenvalue weighted by Crippen LogP contribution is -2.38. The van der Waals surface area contributed by atoms with E-state index in [0.717, 1.165) is 63.2 Å². The minimum atomic E-state index is -0.422. The second-order valence-electron chi connectivity index (χ2n) is 14.1. The fourth-order valence-corrected chi connectivity index (χ4v) is 7.05. The van der Waals surface area contributed by atoms with E-state index in [1.54, 1.807) is 0 Å². The van der Waals surface area contributed by atoms with Crippen molar-refractivity contribution in [3.8, 4) is 0 Å². The van der Waals surface area contributed by atoms with E-state index in [0.29, 0.717) is 17.9 Å². The molecule has 0 bridgehead atoms. The van der Waals surface area contributed by atoms with Gasteiger partial charge in [0.05, 0.1) is 19.1 Å². The summed E-state index contributed by atoms with van der Waals surface area (Å²) in [6, 6.07) is 0. The third-order valence-electron chi connectivity index (χ3n) is 10.1. The van der Waals surface area contributed by atoms with Gasteiger partial charge in [0.2, 0.25) is 0 Å². The van der Waals surface area contributed by atoms with Crippen LogP contribution in [0.15, 0.2) is 0 Å². The summed E-state index contributed by atoms with van der Waals surface area (Å²) in [5, 5.41) is 0. The summed E-state index contributed by atoms with van der Waals surface area (Å²) in [6.07, 6.45) is 14.3. The third kappa shape index (κ3) is 7.96. The van der Waals surface area contributed by atoms with Gasteiger partial charge in [-0.1, -0.05) is 66.7 Å². The van der Waals surface area contributed by atoms with Crippen LogP contribution >= 0.6 is 0 Å². The molecule has 38 heavy (non-hydrogen) atoms. The highest BCUT2D eigenvalue weighted by Crippen LogP contribution is 2.39. The van der Waals surface area contributed by atoms with Gasteiger partial charge >= 0.3 is 11.9 Å². The van der Waals surface area contributed by atoms with Gasteiger partial charge in [-0.3, -0.25) is 9.59 Å². The number of carbonyl (C=O) groups excluding carboxylic acids is 2. The van der Waals surface area contributed by atoms with Crippen molar-refractivity contribution in [1.29, 1.82) is 0 Å². The molecule has 6 nitrogen and oxygen atoms in total. The molecule has 5 fully saturated rings. The Kier molecular flexibility index (Phi) is 10.6. The standard InChI is InChI=1S/C23H36O6.C9H18/c1-14-4-6-15(7-5-14)21(24)29-18-13-27-19-17(12-26-20(18)19)22(25)28-16-8-10-23(2,3)11-9-16;1-8(2)9-6-4-3-5-7-9/h14-20H,4-13H2,1-3H3;8-9H,3-7H2,1-2H3/t14?,15?,17-,18?,19+,20+;/m0./s1. The van der Waals surface area contributed by atoms with E-state index in [1.165, 1.54) is 32.1 Å². The summed E-state index contributed by atoms with van der Waals surface area (Å²) in [6.45, 7) is 12.1. The van der Waals surface area contributed by atoms with E-state index < -0.39 is 12.0 Å². The van der Waals surface area contributed by atoms with E-state index in [9.17, 15) is 9.59 Å². The number of hydrogen-bond acceptors (Lipinski definition) is 6. The number of esters is 2. The first-order chi connectivity index (χ1) is 18.1. The minimum Gasteiger partial charge on any atom is -0.462 e. The van der Waals surface area contributed by atoms with Crippen molar-refractivity contribution in [2.75, 3.05) is 13.2 Å². The van der Waals surface area contributed by atoms with Crippen molar-refractivity contribution < 1.29 is 28.5 Å². The van der Waals surface area contributed by atoms with Gasteiger partial charge in [0, 0.05) is 0 Å². The molecule has 0 aromatic carbocycles. The summed E-state index contributed by atoms with van der Waals surface area (Å²) in [4.78, 5) is 25.3. The van der Waals surface area contributed by atoms with Crippen molar-refractivity contribution >= 4 is 11.9 Å². The topological polar surface area (TPSA) is 71.1 Å². The van der Waals surface area contributed by atoms with Gasteiger partial charge in [0.25, 0.3) is 0 Å². The number of carbonyl (C=O) groups is 2. The number of ether oxygens (including phenoxy) is 4. The lowest BCUT2D eigenvalue weighted by atomic mass is 9.76. The molecule has 0 radical (unpaired) electrons. The first-order valence-corrected chi connectivity index (χ1v) is 15.8. The van der Waals surface area contributed by atoms with Crippen LogP contribution in [0.5, 0.6) is 0 Å². The highest BCUT2D eigenvalue weighted by atomic mass is 16.6. The van der Waals surface area contributed by atoms with Crippen LogP contribution in [-0.2, 0) is 28.5 Å². The Balaban J connectivity index is 0.000000317. The van der Waals surface area contributed by atoms with E-state index in [1.807, 2.05) is 0 Å². The second kappa shape index (κ2) is 13.5. The minimum absolute atomic E-state index is 0.00158. The molecule has 2 aliphatic heterocycles. The molecular formula is C32H54O6. The molecule has 0 aromatic rings. The van der Waals surface area contributed by atoms with Gasteiger partial charge in [-0.15, -0.1) is 0 Å². The molecule has 6 heteroatoms. The van der Waals surface area contributed by atoms with Crippen LogP contribution in [0.2, 0.25) is 0 Å². The summed E-state index contributed by atoms with van der Waals surface area (Å²) >= 11 is 0. The fourth-order valence-electron chi connectivity index (χ4n) is 7.05. The number of rotatable bonds is 5. The maximum atomic E-state index is 12.7. The van der Waals surface area contributed by atoms with Crippen molar-refractivity contribution in [2.45, 2.75) is 143 Å². The third-order valence-corrected chi connectivity index (χ3v) is 10.1. The van der Waals surface area contributed by atoms with Crippen LogP contribution in [0.25, 0.3) is 0 Å². The highest BCUT2D eigenvalue weighted by molar-refractivity contribution is 5.74. The van der Waals surface area contributed by atoms with Crippen molar-refractivity contribution in [3.05, 3.63) is 0 Å². The van der Waals surface area contributed by atoms with Crippen LogP contribution in [0, 0.1) is 35.0 Å². The van der Waals surface area contributed by atoms with Crippen LogP contribution in [0.4, 0.5) is 0 Å². The summed E-state index contributed by atoms with van der Waals surface area (Å²) in [7, 11) is 0. The molecule has 3 saturated carbocycles. The van der Waals surface area contributed by atoms with E-state index in [4.69, 9.17) is 18.9 Å². The lowest BCUT2D eigenvalue weighted by molar-refractivity contribution is -0.162. The molecule has 5 rings (SSSR count). The molecule has 5 aliphatic rings. The van der Waals surface area contributed by atoms with Gasteiger partial charge in [-0.25, -0.2) is 0 Å². The maximum Gasteiger partial charge on any atom is 0.314 e. The van der Waals surface area contributed by atoms with Gasteiger partial charge in [0.1, 0.15) is 24.2 Å². The fraction of sp³-hybridized carbons (Fsp3) is 0.938. The molecule has 2 saturated heterocycles. The lowest BCUT2D eigenvalue weighted by Gasteiger charge is -2.34. The van der Waals surface area contributed by atoms with Crippen molar-refractivity contribution in [1.82, 2.24) is 0 Å². The highest BCUT2D eigenvalue weighted by Gasteiger charge is 2.53. The predicted molar refractivity (Wildman–Crippen MR) is 148 cm³/mol. The summed E-state index contributed by atoms with van der Waals surface area (Å²) < 4.78 is 23.2. The van der Waals surface area contributed by atoms with Gasteiger partial charge in [-0.2, -0.15) is 0 Å². The van der Waals surface area contributed by atoms with Crippen LogP contribution in [-0.4, -0.2) is 49.6 Å². The maximum absolute atomic E-state index is 12.7. The normalized spacial score (nSPS) is 35.7. The molecule has 2 heterocycles. The Hall–Kier alpha value is -1.14. The predicted octanol–water partition coefficient (Wildman–Crippen LogP) is 6.87. The smallest absolute Gasteiger partial charge is 0.314 e. The molecule has 0 amide bonds. The number of fused-ring (bicyclic) bond motifs is 1. The molecule has 0 spiro atoms. The molecule has 4 atom stereocenters. The molecule has 0 aromatic heterocycles. The van der Waals surface area contributed by atoms with Crippen LogP contribution in [0.1, 0.15) is 118 Å². The van der Waals surface area contributed by atoms with E-state index >= 15 is 0 Å². The van der Waals surface area contributed by atoms with Crippen molar-refractivity contribution in [2.24, 2.45) is 35.0 Å². The Morgan fingerprint density at radius 2 is 1.39 bits per heavy atom. The Bertz CT molecular complexity index is 754. The summed E-state index contributed by atoms with van der Waals surface area (Å²) in [5.41, 5.74) is 0.340. The Morgan fingerprint density at radius 3 is 2.00 bits per heavy atom. The zero-order valence-corrected chi connectivity index (χ0v) is 24.8. The van der Waals surface area contributed by atoms with Gasteiger partial charge < -0.3 is 18.9 Å². The monoisotopic (exact) mass is 534 g/mol. The number of hydrogen-bond donors (Lipinski definition) is 0. The molecule has 1 unspecified atom stereocenters. The molecular weight excluding hydrogens is 480 g/mol. The quantitative estimate of drug-likeness (QED) is 0.358. The summed E-state index contributed by atoms with van der Waals surface area (Å²) in [5.74, 6) is 1.89. The van der Waals surface area contributed by atoms with E-state index in [-0.39, 0.29) is 42.8 Å². The van der Waals surface area contributed by atoms with Gasteiger partial charge in [-0.05, 0) is 74.5 Å². The largest absolute Gasteiger partial charge is 0.462 e. The zero-order valence-electron chi connectivity index (χ0n) is 24.8. The Labute approximate surface area is 231 Å². The van der Waals surface area contributed by atoms with Gasteiger partial charge in [0.15, 0.2) is 6.10 Å². The Morgan fingerprint density at radius 1 is 0.763 bits per heavy atom. The van der Waals surface area contributed by atoms with Crippen LogP contribution in [0.3, 0.4) is 0 Å². The second-order valence-corrected chi connectivity index (χ2v) is 14.1.